The van der Waals surface area contributed by atoms with Crippen LogP contribution in [0, 0.1) is 0 Å². The molecular formula is C32H56N4O12. The summed E-state index contributed by atoms with van der Waals surface area (Å²) in [6, 6.07) is -2.88. The second-order valence-electron chi connectivity index (χ2n) is 11.5. The molecule has 48 heavy (non-hydrogen) atoms. The molecule has 1 aliphatic heterocycles. The summed E-state index contributed by atoms with van der Waals surface area (Å²) >= 11 is 0. The number of nitrogens with zero attached hydrogens (tertiary/aromatic N) is 3. The van der Waals surface area contributed by atoms with E-state index in [1.807, 2.05) is 0 Å². The van der Waals surface area contributed by atoms with Crippen molar-refractivity contribution in [1.82, 2.24) is 20.0 Å². The van der Waals surface area contributed by atoms with E-state index in [2.05, 4.69) is 5.32 Å². The lowest BCUT2D eigenvalue weighted by Gasteiger charge is -2.37. The lowest BCUT2D eigenvalue weighted by Crippen LogP contribution is -2.54. The summed E-state index contributed by atoms with van der Waals surface area (Å²) in [5.74, 6) is -4.46. The average molecular weight is 689 g/mol. The second kappa shape index (κ2) is 24.7. The van der Waals surface area contributed by atoms with Gasteiger partial charge in [0.15, 0.2) is 0 Å². The molecule has 4 N–H and O–H groups in total. The smallest absolute Gasteiger partial charge is 0.320 e. The zero-order valence-electron chi connectivity index (χ0n) is 28.7. The molecule has 0 aromatic rings. The van der Waals surface area contributed by atoms with Crippen LogP contribution < -0.4 is 5.32 Å². The standard InChI is InChI=1S/C32H56N4O12/c1-4-46-27(37)13-7-10-24(30(40)41)34-18-16-33-17-19-35(25(31(42)43)11-8-14-28(38)47-5-2)21-23-36(22-20-34)26(32(44)45)12-9-15-29(39)48-6-3/h24-26,33H,4-23H2,1-3H3,(H,40,41)(H,42,43)(H,44,45). The molecule has 1 fully saturated rings. The lowest BCUT2D eigenvalue weighted by molar-refractivity contribution is -0.148. The fourth-order valence-electron chi connectivity index (χ4n) is 5.76. The van der Waals surface area contributed by atoms with Gasteiger partial charge in [0.05, 0.1) is 19.8 Å². The Morgan fingerprint density at radius 2 is 0.792 bits per heavy atom. The highest BCUT2D eigenvalue weighted by Crippen LogP contribution is 2.16. The molecule has 16 heteroatoms. The Labute approximate surface area is 283 Å². The Hall–Kier alpha value is -3.34. The van der Waals surface area contributed by atoms with E-state index < -0.39 is 53.9 Å². The van der Waals surface area contributed by atoms with E-state index in [1.54, 1.807) is 35.5 Å². The highest BCUT2D eigenvalue weighted by Gasteiger charge is 2.32. The van der Waals surface area contributed by atoms with Crippen LogP contribution in [0.4, 0.5) is 0 Å². The van der Waals surface area contributed by atoms with Crippen LogP contribution >= 0.6 is 0 Å². The molecule has 276 valence electrons. The molecule has 3 unspecified atom stereocenters. The van der Waals surface area contributed by atoms with Gasteiger partial charge in [-0.1, -0.05) is 0 Å². The summed E-state index contributed by atoms with van der Waals surface area (Å²) in [7, 11) is 0. The van der Waals surface area contributed by atoms with Crippen molar-refractivity contribution in [3.63, 3.8) is 0 Å². The quantitative estimate of drug-likeness (QED) is 0.0980. The maximum atomic E-state index is 12.6. The van der Waals surface area contributed by atoms with Gasteiger partial charge in [0.1, 0.15) is 18.1 Å². The van der Waals surface area contributed by atoms with Crippen LogP contribution in [-0.2, 0) is 43.0 Å². The molecule has 0 radical (unpaired) electrons. The first-order chi connectivity index (χ1) is 22.9. The summed E-state index contributed by atoms with van der Waals surface area (Å²) in [4.78, 5) is 78.2. The van der Waals surface area contributed by atoms with Gasteiger partial charge in [0.25, 0.3) is 0 Å². The summed E-state index contributed by atoms with van der Waals surface area (Å²) in [5.41, 5.74) is 0. The van der Waals surface area contributed by atoms with Crippen molar-refractivity contribution in [3.05, 3.63) is 0 Å². The van der Waals surface area contributed by atoms with Crippen LogP contribution in [-0.4, -0.2) is 156 Å². The number of nitrogens with one attached hydrogen (secondary N) is 1. The third kappa shape index (κ3) is 17.2. The van der Waals surface area contributed by atoms with Gasteiger partial charge in [-0.3, -0.25) is 43.5 Å². The molecular weight excluding hydrogens is 632 g/mol. The van der Waals surface area contributed by atoms with E-state index in [-0.39, 0.29) is 90.9 Å². The van der Waals surface area contributed by atoms with Crippen LogP contribution in [0.5, 0.6) is 0 Å². The van der Waals surface area contributed by atoms with Crippen molar-refractivity contribution in [1.29, 1.82) is 0 Å². The van der Waals surface area contributed by atoms with E-state index in [9.17, 15) is 44.1 Å². The van der Waals surface area contributed by atoms with Crippen LogP contribution in [0.2, 0.25) is 0 Å². The predicted octanol–water partition coefficient (Wildman–Crippen LogP) is 1.06. The average Bonchev–Trinajstić information content (AvgIpc) is 3.01. The van der Waals surface area contributed by atoms with E-state index in [4.69, 9.17) is 14.2 Å². The molecule has 0 aromatic heterocycles. The molecule has 16 nitrogen and oxygen atoms in total. The highest BCUT2D eigenvalue weighted by molar-refractivity contribution is 5.75. The van der Waals surface area contributed by atoms with Crippen molar-refractivity contribution in [2.24, 2.45) is 0 Å². The first-order valence-electron chi connectivity index (χ1n) is 17.0. The summed E-state index contributed by atoms with van der Waals surface area (Å²) in [6.45, 7) is 7.86. The maximum absolute atomic E-state index is 12.6. The summed E-state index contributed by atoms with van der Waals surface area (Å²) in [6.07, 6.45) is 1.56. The summed E-state index contributed by atoms with van der Waals surface area (Å²) < 4.78 is 14.9. The van der Waals surface area contributed by atoms with Gasteiger partial charge in [-0.2, -0.15) is 0 Å². The minimum absolute atomic E-state index is 0.0402. The number of rotatable bonds is 21. The number of esters is 3. The molecule has 1 heterocycles. The normalized spacial score (nSPS) is 17.6. The highest BCUT2D eigenvalue weighted by atomic mass is 16.5. The van der Waals surface area contributed by atoms with Gasteiger partial charge in [0.2, 0.25) is 0 Å². The molecule has 1 saturated heterocycles. The zero-order valence-corrected chi connectivity index (χ0v) is 28.7. The lowest BCUT2D eigenvalue weighted by atomic mass is 10.1. The first kappa shape index (κ1) is 42.7. The van der Waals surface area contributed by atoms with E-state index in [0.717, 1.165) is 0 Å². The Kier molecular flexibility index (Phi) is 22.0. The molecule has 1 rings (SSSR count). The number of hydrogen-bond donors (Lipinski definition) is 4. The Balaban J connectivity index is 3.24. The number of hydrogen-bond acceptors (Lipinski definition) is 13. The van der Waals surface area contributed by atoms with E-state index in [0.29, 0.717) is 39.0 Å². The van der Waals surface area contributed by atoms with Gasteiger partial charge in [-0.05, 0) is 59.3 Å². The van der Waals surface area contributed by atoms with Gasteiger partial charge >= 0.3 is 35.8 Å². The topological polar surface area (TPSA) is 213 Å². The maximum Gasteiger partial charge on any atom is 0.320 e. The molecule has 0 aliphatic carbocycles. The SMILES string of the molecule is CCOC(=O)CCCC(C(=O)O)N1CCNCCN(C(CCCC(=O)OCC)C(=O)O)CCN(C(CCCC(=O)OCC)C(=O)O)CC1. The molecule has 0 bridgehead atoms. The Morgan fingerprint density at radius 1 is 0.521 bits per heavy atom. The van der Waals surface area contributed by atoms with Gasteiger partial charge in [-0.15, -0.1) is 0 Å². The number of aliphatic carboxylic acids is 3. The minimum atomic E-state index is -1.11. The van der Waals surface area contributed by atoms with Crippen LogP contribution in [0.1, 0.15) is 78.6 Å². The van der Waals surface area contributed by atoms with Crippen LogP contribution in [0.25, 0.3) is 0 Å². The summed E-state index contributed by atoms with van der Waals surface area (Å²) in [5, 5.41) is 33.8. The van der Waals surface area contributed by atoms with Crippen LogP contribution in [0.3, 0.4) is 0 Å². The number of carbonyl (C=O) groups is 6. The molecule has 3 atom stereocenters. The first-order valence-corrected chi connectivity index (χ1v) is 17.0. The predicted molar refractivity (Wildman–Crippen MR) is 173 cm³/mol. The monoisotopic (exact) mass is 688 g/mol. The molecule has 0 amide bonds. The second-order valence-corrected chi connectivity index (χ2v) is 11.5. The van der Waals surface area contributed by atoms with Gasteiger partial charge in [0, 0.05) is 71.6 Å². The van der Waals surface area contributed by atoms with Crippen molar-refractivity contribution >= 4 is 35.8 Å². The van der Waals surface area contributed by atoms with E-state index >= 15 is 0 Å². The third-order valence-electron chi connectivity index (χ3n) is 8.17. The fraction of sp³-hybridized carbons (Fsp3) is 0.812. The van der Waals surface area contributed by atoms with Crippen molar-refractivity contribution in [3.8, 4) is 0 Å². The number of carbonyl (C=O) groups excluding carboxylic acids is 3. The molecule has 0 spiro atoms. The van der Waals surface area contributed by atoms with Crippen molar-refractivity contribution in [2.75, 3.05) is 72.2 Å². The molecule has 0 aromatic carbocycles. The number of ether oxygens (including phenoxy) is 3. The zero-order chi connectivity index (χ0) is 35.9. The fourth-order valence-corrected chi connectivity index (χ4v) is 5.76. The Morgan fingerprint density at radius 3 is 1.04 bits per heavy atom. The molecule has 0 saturated carbocycles. The largest absolute Gasteiger partial charge is 0.480 e. The Bertz CT molecular complexity index is 958. The van der Waals surface area contributed by atoms with Gasteiger partial charge < -0.3 is 34.8 Å². The van der Waals surface area contributed by atoms with Crippen LogP contribution in [0.15, 0.2) is 0 Å². The van der Waals surface area contributed by atoms with E-state index in [1.165, 1.54) is 0 Å². The number of carboxylic acid groups (broad SMARTS) is 3. The van der Waals surface area contributed by atoms with Crippen molar-refractivity contribution in [2.45, 2.75) is 96.7 Å². The van der Waals surface area contributed by atoms with Gasteiger partial charge in [-0.25, -0.2) is 0 Å². The minimum Gasteiger partial charge on any atom is -0.480 e. The number of carboxylic acids is 3. The third-order valence-corrected chi connectivity index (χ3v) is 8.17. The molecule has 1 aliphatic rings. The van der Waals surface area contributed by atoms with Crippen molar-refractivity contribution < 1.29 is 58.3 Å².